The summed E-state index contributed by atoms with van der Waals surface area (Å²) in [5.74, 6) is -0.118. The maximum Gasteiger partial charge on any atom is 0.324 e. The number of carbonyl (C=O) groups is 2. The van der Waals surface area contributed by atoms with Gasteiger partial charge >= 0.3 is 6.03 Å². The SMILES string of the molecule is Cc1cccc(CN2CCCN(c3cccc(C(=O)NC(C)C)c3)C2=O)c1. The molecule has 0 saturated carbocycles. The summed E-state index contributed by atoms with van der Waals surface area (Å²) in [6, 6.07) is 15.6. The van der Waals surface area contributed by atoms with Crippen LogP contribution in [0.2, 0.25) is 0 Å². The second-order valence-electron chi connectivity index (χ2n) is 7.38. The van der Waals surface area contributed by atoms with Crippen molar-refractivity contribution in [3.8, 4) is 0 Å². The lowest BCUT2D eigenvalue weighted by Crippen LogP contribution is -2.49. The minimum atomic E-state index is -0.118. The molecule has 0 radical (unpaired) electrons. The van der Waals surface area contributed by atoms with Crippen LogP contribution in [0.1, 0.15) is 41.8 Å². The third-order valence-corrected chi connectivity index (χ3v) is 4.61. The zero-order valence-corrected chi connectivity index (χ0v) is 16.2. The molecular formula is C22H27N3O2. The van der Waals surface area contributed by atoms with E-state index in [0.717, 1.165) is 24.2 Å². The molecule has 2 aromatic rings. The molecule has 3 rings (SSSR count). The molecule has 2 aromatic carbocycles. The molecular weight excluding hydrogens is 338 g/mol. The highest BCUT2D eigenvalue weighted by Gasteiger charge is 2.27. The van der Waals surface area contributed by atoms with Crippen LogP contribution in [0.3, 0.4) is 0 Å². The number of benzene rings is 2. The van der Waals surface area contributed by atoms with E-state index in [9.17, 15) is 9.59 Å². The van der Waals surface area contributed by atoms with Gasteiger partial charge in [0.25, 0.3) is 5.91 Å². The topological polar surface area (TPSA) is 52.6 Å². The fraction of sp³-hybridized carbons (Fsp3) is 0.364. The number of rotatable bonds is 5. The fourth-order valence-electron chi connectivity index (χ4n) is 3.36. The molecule has 1 heterocycles. The van der Waals surface area contributed by atoms with Crippen molar-refractivity contribution in [1.82, 2.24) is 10.2 Å². The molecule has 0 aliphatic carbocycles. The maximum atomic E-state index is 13.0. The lowest BCUT2D eigenvalue weighted by molar-refractivity contribution is 0.0943. The van der Waals surface area contributed by atoms with E-state index in [1.165, 1.54) is 5.56 Å². The van der Waals surface area contributed by atoms with Gasteiger partial charge in [-0.25, -0.2) is 4.79 Å². The Kier molecular flexibility index (Phi) is 5.79. The summed E-state index contributed by atoms with van der Waals surface area (Å²) in [6.07, 6.45) is 0.903. The highest BCUT2D eigenvalue weighted by Crippen LogP contribution is 2.23. The van der Waals surface area contributed by atoms with Gasteiger partial charge in [-0.05, 0) is 51.0 Å². The number of hydrogen-bond acceptors (Lipinski definition) is 2. The Morgan fingerprint density at radius 3 is 2.63 bits per heavy atom. The Balaban J connectivity index is 1.76. The van der Waals surface area contributed by atoms with Crippen LogP contribution in [0.4, 0.5) is 10.5 Å². The number of amides is 3. The number of nitrogens with one attached hydrogen (secondary N) is 1. The van der Waals surface area contributed by atoms with Crippen LogP contribution in [0, 0.1) is 6.92 Å². The maximum absolute atomic E-state index is 13.0. The van der Waals surface area contributed by atoms with Gasteiger partial charge in [0.15, 0.2) is 0 Å². The number of carbonyl (C=O) groups excluding carboxylic acids is 2. The minimum Gasteiger partial charge on any atom is -0.350 e. The zero-order chi connectivity index (χ0) is 19.4. The Hall–Kier alpha value is -2.82. The quantitative estimate of drug-likeness (QED) is 0.872. The average Bonchev–Trinajstić information content (AvgIpc) is 2.63. The normalized spacial score (nSPS) is 14.6. The van der Waals surface area contributed by atoms with Gasteiger partial charge in [-0.15, -0.1) is 0 Å². The molecule has 1 saturated heterocycles. The first kappa shape index (κ1) is 19.0. The van der Waals surface area contributed by atoms with Crippen LogP contribution in [0.25, 0.3) is 0 Å². The largest absolute Gasteiger partial charge is 0.350 e. The molecule has 27 heavy (non-hydrogen) atoms. The highest BCUT2D eigenvalue weighted by atomic mass is 16.2. The standard InChI is InChI=1S/C22H27N3O2/c1-16(2)23-21(26)19-9-5-10-20(14-19)25-12-6-11-24(22(25)27)15-18-8-4-7-17(3)13-18/h4-5,7-10,13-14,16H,6,11-12,15H2,1-3H3,(H,23,26). The van der Waals surface area contributed by atoms with Gasteiger partial charge in [0.05, 0.1) is 0 Å². The van der Waals surface area contributed by atoms with E-state index >= 15 is 0 Å². The minimum absolute atomic E-state index is 0.0100. The third-order valence-electron chi connectivity index (χ3n) is 4.61. The Morgan fingerprint density at radius 2 is 1.89 bits per heavy atom. The van der Waals surface area contributed by atoms with Gasteiger partial charge in [0.1, 0.15) is 0 Å². The summed E-state index contributed by atoms with van der Waals surface area (Å²) >= 11 is 0. The molecule has 0 bridgehead atoms. The lowest BCUT2D eigenvalue weighted by atomic mass is 10.1. The molecule has 3 amide bonds. The van der Waals surface area contributed by atoms with Crippen molar-refractivity contribution in [2.24, 2.45) is 0 Å². The second-order valence-corrected chi connectivity index (χ2v) is 7.38. The predicted octanol–water partition coefficient (Wildman–Crippen LogP) is 3.97. The van der Waals surface area contributed by atoms with Crippen LogP contribution in [-0.4, -0.2) is 36.0 Å². The zero-order valence-electron chi connectivity index (χ0n) is 16.2. The van der Waals surface area contributed by atoms with Crippen molar-refractivity contribution in [3.05, 3.63) is 65.2 Å². The van der Waals surface area contributed by atoms with Crippen molar-refractivity contribution in [2.45, 2.75) is 39.8 Å². The average molecular weight is 365 g/mol. The van der Waals surface area contributed by atoms with Crippen LogP contribution in [0.15, 0.2) is 48.5 Å². The van der Waals surface area contributed by atoms with Crippen molar-refractivity contribution in [1.29, 1.82) is 0 Å². The van der Waals surface area contributed by atoms with Gasteiger partial charge in [-0.3, -0.25) is 9.69 Å². The number of nitrogens with zero attached hydrogens (tertiary/aromatic N) is 2. The first-order chi connectivity index (χ1) is 12.9. The van der Waals surface area contributed by atoms with Crippen LogP contribution in [-0.2, 0) is 6.54 Å². The number of aryl methyl sites for hydroxylation is 1. The van der Waals surface area contributed by atoms with E-state index in [1.54, 1.807) is 17.0 Å². The monoisotopic (exact) mass is 365 g/mol. The van der Waals surface area contributed by atoms with Crippen LogP contribution in [0.5, 0.6) is 0 Å². The predicted molar refractivity (Wildman–Crippen MR) is 108 cm³/mol. The lowest BCUT2D eigenvalue weighted by Gasteiger charge is -2.36. The Labute approximate surface area is 161 Å². The van der Waals surface area contributed by atoms with Gasteiger partial charge in [0, 0.05) is 36.9 Å². The summed E-state index contributed by atoms with van der Waals surface area (Å²) < 4.78 is 0. The summed E-state index contributed by atoms with van der Waals surface area (Å²) in [6.45, 7) is 7.93. The van der Waals surface area contributed by atoms with E-state index in [0.29, 0.717) is 18.7 Å². The Morgan fingerprint density at radius 1 is 1.11 bits per heavy atom. The molecule has 0 spiro atoms. The summed E-state index contributed by atoms with van der Waals surface area (Å²) in [4.78, 5) is 29.0. The van der Waals surface area contributed by atoms with Crippen molar-refractivity contribution in [2.75, 3.05) is 18.0 Å². The molecule has 0 atom stereocenters. The van der Waals surface area contributed by atoms with Gasteiger partial charge in [-0.2, -0.15) is 0 Å². The summed E-state index contributed by atoms with van der Waals surface area (Å²) in [5.41, 5.74) is 3.67. The first-order valence-electron chi connectivity index (χ1n) is 9.47. The molecule has 5 nitrogen and oxygen atoms in total. The Bertz CT molecular complexity index is 832. The van der Waals surface area contributed by atoms with E-state index in [2.05, 4.69) is 30.4 Å². The first-order valence-corrected chi connectivity index (χ1v) is 9.47. The van der Waals surface area contributed by atoms with E-state index in [4.69, 9.17) is 0 Å². The third kappa shape index (κ3) is 4.67. The summed E-state index contributed by atoms with van der Waals surface area (Å²) in [5, 5.41) is 2.89. The van der Waals surface area contributed by atoms with Crippen molar-refractivity contribution in [3.63, 3.8) is 0 Å². The van der Waals surface area contributed by atoms with Gasteiger partial charge < -0.3 is 10.2 Å². The molecule has 0 unspecified atom stereocenters. The smallest absolute Gasteiger partial charge is 0.324 e. The van der Waals surface area contributed by atoms with E-state index in [1.807, 2.05) is 36.9 Å². The molecule has 1 aliphatic heterocycles. The molecule has 5 heteroatoms. The second kappa shape index (κ2) is 8.25. The van der Waals surface area contributed by atoms with Crippen molar-refractivity contribution >= 4 is 17.6 Å². The number of anilines is 1. The van der Waals surface area contributed by atoms with Crippen LogP contribution < -0.4 is 10.2 Å². The van der Waals surface area contributed by atoms with Crippen molar-refractivity contribution < 1.29 is 9.59 Å². The number of urea groups is 1. The fourth-order valence-corrected chi connectivity index (χ4v) is 3.36. The van der Waals surface area contributed by atoms with E-state index < -0.39 is 0 Å². The summed E-state index contributed by atoms with van der Waals surface area (Å²) in [7, 11) is 0. The molecule has 142 valence electrons. The van der Waals surface area contributed by atoms with Gasteiger partial charge in [0.2, 0.25) is 0 Å². The molecule has 1 aliphatic rings. The van der Waals surface area contributed by atoms with Gasteiger partial charge in [-0.1, -0.05) is 35.9 Å². The van der Waals surface area contributed by atoms with E-state index in [-0.39, 0.29) is 18.0 Å². The highest BCUT2D eigenvalue weighted by molar-refractivity contribution is 5.98. The molecule has 1 fully saturated rings. The number of hydrogen-bond donors (Lipinski definition) is 1. The molecule has 1 N–H and O–H groups in total. The molecule has 0 aromatic heterocycles. The van der Waals surface area contributed by atoms with Crippen LogP contribution >= 0.6 is 0 Å².